The molecular formula is C22H16Cl2N4. The molecule has 0 aliphatic heterocycles. The van der Waals surface area contributed by atoms with Gasteiger partial charge in [-0.25, -0.2) is 4.98 Å². The molecule has 4 aromatic rings. The largest absolute Gasteiger partial charge is 0.253 e. The van der Waals surface area contributed by atoms with Crippen LogP contribution in [0.15, 0.2) is 54.9 Å². The summed E-state index contributed by atoms with van der Waals surface area (Å²) in [6, 6.07) is 15.7. The van der Waals surface area contributed by atoms with E-state index in [0.717, 1.165) is 46.8 Å². The Balaban J connectivity index is 1.73. The molecule has 0 atom stereocenters. The average molecular weight is 407 g/mol. The minimum absolute atomic E-state index is 0.604. The first kappa shape index (κ1) is 17.4. The van der Waals surface area contributed by atoms with Gasteiger partial charge in [-0.15, -0.1) is 0 Å². The maximum absolute atomic E-state index is 6.10. The maximum Gasteiger partial charge on any atom is 0.253 e. The molecule has 0 saturated heterocycles. The minimum Gasteiger partial charge on any atom is -0.211 e. The highest BCUT2D eigenvalue weighted by atomic mass is 35.5. The lowest BCUT2D eigenvalue weighted by atomic mass is 9.87. The van der Waals surface area contributed by atoms with Crippen molar-refractivity contribution in [1.29, 1.82) is 0 Å². The lowest BCUT2D eigenvalue weighted by Gasteiger charge is -2.22. The zero-order chi connectivity index (χ0) is 19.1. The van der Waals surface area contributed by atoms with Crippen LogP contribution in [0, 0.1) is 0 Å². The van der Waals surface area contributed by atoms with Gasteiger partial charge >= 0.3 is 0 Å². The van der Waals surface area contributed by atoms with Crippen LogP contribution in [-0.4, -0.2) is 19.6 Å². The molecule has 5 rings (SSSR count). The fraction of sp³-hybridized carbons (Fsp3) is 0.136. The predicted molar refractivity (Wildman–Crippen MR) is 113 cm³/mol. The molecular weight excluding hydrogens is 391 g/mol. The van der Waals surface area contributed by atoms with Gasteiger partial charge in [-0.05, 0) is 60.7 Å². The fourth-order valence-corrected chi connectivity index (χ4v) is 4.01. The molecule has 4 nitrogen and oxygen atoms in total. The molecule has 1 aliphatic carbocycles. The lowest BCUT2D eigenvalue weighted by molar-refractivity contribution is 0.792. The Morgan fingerprint density at radius 3 is 2.36 bits per heavy atom. The Morgan fingerprint density at radius 1 is 0.893 bits per heavy atom. The van der Waals surface area contributed by atoms with E-state index in [2.05, 4.69) is 16.2 Å². The summed E-state index contributed by atoms with van der Waals surface area (Å²) >= 11 is 12.1. The third-order valence-corrected chi connectivity index (χ3v) is 5.53. The number of nitrogens with zero attached hydrogens (tertiary/aromatic N) is 4. The standard InChI is InChI=1S/C22H16Cl2N4/c23-17-8-4-14(5-9-17)12-16-2-1-3-19-20(16)27-22-25-13-26-28(22)21(19)15-6-10-18(24)11-7-15/h4-13H,1-3H2/b16-12-. The van der Waals surface area contributed by atoms with E-state index in [9.17, 15) is 0 Å². The highest BCUT2D eigenvalue weighted by molar-refractivity contribution is 6.30. The molecule has 0 amide bonds. The number of fused-ring (bicyclic) bond motifs is 2. The van der Waals surface area contributed by atoms with Crippen molar-refractivity contribution in [3.63, 3.8) is 0 Å². The molecule has 28 heavy (non-hydrogen) atoms. The van der Waals surface area contributed by atoms with Crippen LogP contribution in [0.25, 0.3) is 28.7 Å². The molecule has 0 spiro atoms. The summed E-state index contributed by atoms with van der Waals surface area (Å²) in [7, 11) is 0. The Labute approximate surface area is 172 Å². The molecule has 138 valence electrons. The molecule has 0 bridgehead atoms. The third-order valence-electron chi connectivity index (χ3n) is 5.03. The van der Waals surface area contributed by atoms with Crippen molar-refractivity contribution in [3.05, 3.63) is 81.7 Å². The second-order valence-corrected chi connectivity index (χ2v) is 7.71. The van der Waals surface area contributed by atoms with Crippen LogP contribution in [0.3, 0.4) is 0 Å². The quantitative estimate of drug-likeness (QED) is 0.411. The van der Waals surface area contributed by atoms with E-state index in [1.54, 1.807) is 6.33 Å². The summed E-state index contributed by atoms with van der Waals surface area (Å²) in [5.74, 6) is 0.604. The van der Waals surface area contributed by atoms with Gasteiger partial charge in [0.1, 0.15) is 6.33 Å². The van der Waals surface area contributed by atoms with Gasteiger partial charge in [-0.3, -0.25) is 0 Å². The van der Waals surface area contributed by atoms with Crippen LogP contribution in [-0.2, 0) is 6.42 Å². The Bertz CT molecular complexity index is 1190. The van der Waals surface area contributed by atoms with Crippen LogP contribution in [0.2, 0.25) is 10.0 Å². The molecule has 0 radical (unpaired) electrons. The molecule has 0 saturated carbocycles. The van der Waals surface area contributed by atoms with Crippen LogP contribution >= 0.6 is 23.2 Å². The normalized spacial score (nSPS) is 15.1. The molecule has 2 aromatic carbocycles. The van der Waals surface area contributed by atoms with Crippen LogP contribution in [0.1, 0.15) is 29.7 Å². The van der Waals surface area contributed by atoms with Crippen molar-refractivity contribution in [2.24, 2.45) is 0 Å². The van der Waals surface area contributed by atoms with E-state index < -0.39 is 0 Å². The van der Waals surface area contributed by atoms with Gasteiger partial charge in [0.05, 0.1) is 11.4 Å². The van der Waals surface area contributed by atoms with Gasteiger partial charge in [0.15, 0.2) is 0 Å². The Morgan fingerprint density at radius 2 is 1.61 bits per heavy atom. The molecule has 0 N–H and O–H groups in total. The smallest absolute Gasteiger partial charge is 0.211 e. The van der Waals surface area contributed by atoms with E-state index in [4.69, 9.17) is 28.2 Å². The van der Waals surface area contributed by atoms with Crippen LogP contribution in [0.5, 0.6) is 0 Å². The topological polar surface area (TPSA) is 43.1 Å². The number of allylic oxidation sites excluding steroid dienone is 1. The first-order chi connectivity index (χ1) is 13.7. The molecule has 2 aromatic heterocycles. The number of benzene rings is 2. The lowest BCUT2D eigenvalue weighted by Crippen LogP contribution is -2.11. The average Bonchev–Trinajstić information content (AvgIpc) is 3.17. The van der Waals surface area contributed by atoms with E-state index in [0.29, 0.717) is 10.8 Å². The zero-order valence-electron chi connectivity index (χ0n) is 14.9. The van der Waals surface area contributed by atoms with Crippen molar-refractivity contribution in [1.82, 2.24) is 19.6 Å². The van der Waals surface area contributed by atoms with Crippen molar-refractivity contribution in [2.75, 3.05) is 0 Å². The second-order valence-electron chi connectivity index (χ2n) is 6.84. The van der Waals surface area contributed by atoms with Crippen molar-refractivity contribution in [2.45, 2.75) is 19.3 Å². The Kier molecular flexibility index (Phi) is 4.38. The molecule has 1 aliphatic rings. The summed E-state index contributed by atoms with van der Waals surface area (Å²) in [6.07, 6.45) is 6.74. The highest BCUT2D eigenvalue weighted by Gasteiger charge is 2.23. The fourth-order valence-electron chi connectivity index (χ4n) is 3.76. The number of halogens is 2. The zero-order valence-corrected chi connectivity index (χ0v) is 16.5. The second kappa shape index (κ2) is 7.04. The van der Waals surface area contributed by atoms with Gasteiger partial charge in [-0.2, -0.15) is 14.6 Å². The van der Waals surface area contributed by atoms with E-state index in [-0.39, 0.29) is 0 Å². The van der Waals surface area contributed by atoms with Gasteiger partial charge in [0.25, 0.3) is 5.78 Å². The summed E-state index contributed by atoms with van der Waals surface area (Å²) in [4.78, 5) is 9.20. The monoisotopic (exact) mass is 406 g/mol. The van der Waals surface area contributed by atoms with Gasteiger partial charge in [0.2, 0.25) is 0 Å². The van der Waals surface area contributed by atoms with Crippen molar-refractivity contribution < 1.29 is 0 Å². The highest BCUT2D eigenvalue weighted by Crippen LogP contribution is 2.37. The molecule has 0 unspecified atom stereocenters. The summed E-state index contributed by atoms with van der Waals surface area (Å²) in [5, 5.41) is 5.87. The molecule has 0 fully saturated rings. The number of aromatic nitrogens is 4. The van der Waals surface area contributed by atoms with Crippen LogP contribution in [0.4, 0.5) is 0 Å². The predicted octanol–water partition coefficient (Wildman–Crippen LogP) is 5.98. The summed E-state index contributed by atoms with van der Waals surface area (Å²) in [6.45, 7) is 0. The van der Waals surface area contributed by atoms with Gasteiger partial charge < -0.3 is 0 Å². The minimum atomic E-state index is 0.604. The number of hydrogen-bond acceptors (Lipinski definition) is 3. The van der Waals surface area contributed by atoms with E-state index in [1.165, 1.54) is 11.1 Å². The first-order valence-electron chi connectivity index (χ1n) is 9.14. The summed E-state index contributed by atoms with van der Waals surface area (Å²) < 4.78 is 1.83. The Hall–Kier alpha value is -2.69. The number of hydrogen-bond donors (Lipinski definition) is 0. The third kappa shape index (κ3) is 3.09. The van der Waals surface area contributed by atoms with Crippen molar-refractivity contribution >= 4 is 40.6 Å². The summed E-state index contributed by atoms with van der Waals surface area (Å²) in [5.41, 5.74) is 6.63. The molecule has 2 heterocycles. The molecule has 6 heteroatoms. The van der Waals surface area contributed by atoms with Crippen LogP contribution < -0.4 is 0 Å². The first-order valence-corrected chi connectivity index (χ1v) is 9.90. The van der Waals surface area contributed by atoms with Gasteiger partial charge in [0, 0.05) is 21.2 Å². The maximum atomic E-state index is 6.10. The van der Waals surface area contributed by atoms with Crippen molar-refractivity contribution in [3.8, 4) is 11.3 Å². The van der Waals surface area contributed by atoms with E-state index in [1.807, 2.05) is 53.0 Å². The number of rotatable bonds is 2. The SMILES string of the molecule is Clc1ccc(/C=C2/CCCc3c2nc2ncnn2c3-c2ccc(Cl)cc2)cc1. The van der Waals surface area contributed by atoms with Gasteiger partial charge in [-0.1, -0.05) is 47.5 Å². The van der Waals surface area contributed by atoms with E-state index >= 15 is 0 Å².